The van der Waals surface area contributed by atoms with E-state index in [0.717, 1.165) is 15.3 Å². The summed E-state index contributed by atoms with van der Waals surface area (Å²) >= 11 is 2.66. The van der Waals surface area contributed by atoms with Crippen LogP contribution < -0.4 is 0 Å². The molecule has 0 unspecified atom stereocenters. The fraction of sp³-hybridized carbons (Fsp3) is 0.111. The van der Waals surface area contributed by atoms with Crippen LogP contribution in [0.15, 0.2) is 18.2 Å². The molecule has 2 rings (SSSR count). The molecule has 2 aromatic rings. The van der Waals surface area contributed by atoms with E-state index in [1.165, 1.54) is 22.7 Å². The van der Waals surface area contributed by atoms with Gasteiger partial charge in [0.15, 0.2) is 10.1 Å². The normalized spacial score (nSPS) is 10.5. The molecule has 0 atom stereocenters. The van der Waals surface area contributed by atoms with Crippen LogP contribution in [0.25, 0.3) is 9.75 Å². The van der Waals surface area contributed by atoms with Gasteiger partial charge >= 0.3 is 0 Å². The quantitative estimate of drug-likeness (QED) is 0.762. The SMILES string of the molecule is Cc1cc(O)sc1-c1ccc(O)s1. The zero-order chi connectivity index (χ0) is 9.42. The molecule has 0 aromatic carbocycles. The first kappa shape index (κ1) is 8.59. The number of thiophene rings is 2. The van der Waals surface area contributed by atoms with Crippen LogP contribution in [0.5, 0.6) is 10.1 Å². The molecule has 2 heterocycles. The van der Waals surface area contributed by atoms with Gasteiger partial charge < -0.3 is 10.2 Å². The number of rotatable bonds is 1. The van der Waals surface area contributed by atoms with Crippen LogP contribution in [-0.2, 0) is 0 Å². The second-order valence-electron chi connectivity index (χ2n) is 2.73. The van der Waals surface area contributed by atoms with E-state index >= 15 is 0 Å². The van der Waals surface area contributed by atoms with E-state index in [9.17, 15) is 10.2 Å². The summed E-state index contributed by atoms with van der Waals surface area (Å²) in [6.45, 7) is 1.95. The summed E-state index contributed by atoms with van der Waals surface area (Å²) in [6.07, 6.45) is 0. The molecule has 0 bridgehead atoms. The molecule has 68 valence electrons. The molecule has 2 nitrogen and oxygen atoms in total. The monoisotopic (exact) mass is 212 g/mol. The van der Waals surface area contributed by atoms with E-state index in [-0.39, 0.29) is 0 Å². The van der Waals surface area contributed by atoms with Gasteiger partial charge in [0.1, 0.15) is 0 Å². The summed E-state index contributed by atoms with van der Waals surface area (Å²) in [5.41, 5.74) is 1.05. The number of aromatic hydroxyl groups is 2. The lowest BCUT2D eigenvalue weighted by Gasteiger charge is -1.91. The molecule has 4 heteroatoms. The van der Waals surface area contributed by atoms with Crippen LogP contribution in [0.3, 0.4) is 0 Å². The molecule has 13 heavy (non-hydrogen) atoms. The van der Waals surface area contributed by atoms with Crippen LogP contribution in [-0.4, -0.2) is 10.2 Å². The van der Waals surface area contributed by atoms with E-state index in [2.05, 4.69) is 0 Å². The zero-order valence-electron chi connectivity index (χ0n) is 6.94. The molecule has 2 N–H and O–H groups in total. The number of hydrogen-bond acceptors (Lipinski definition) is 4. The Morgan fingerprint density at radius 3 is 2.31 bits per heavy atom. The maximum absolute atomic E-state index is 9.26. The molecular formula is C9H8O2S2. The minimum Gasteiger partial charge on any atom is -0.499 e. The standard InChI is InChI=1S/C9H8O2S2/c1-5-4-8(11)13-9(5)6-2-3-7(10)12-6/h2-4,10-11H,1H3. The zero-order valence-corrected chi connectivity index (χ0v) is 8.58. The van der Waals surface area contributed by atoms with Crippen molar-refractivity contribution in [1.82, 2.24) is 0 Å². The Morgan fingerprint density at radius 1 is 1.08 bits per heavy atom. The van der Waals surface area contributed by atoms with Crippen LogP contribution >= 0.6 is 22.7 Å². The molecular weight excluding hydrogens is 204 g/mol. The summed E-state index contributed by atoms with van der Waals surface area (Å²) in [5.74, 6) is 0. The second kappa shape index (κ2) is 3.05. The molecule has 2 aromatic heterocycles. The predicted octanol–water partition coefficient (Wildman–Crippen LogP) is 3.20. The Bertz CT molecular complexity index is 429. The highest BCUT2D eigenvalue weighted by Gasteiger charge is 2.09. The fourth-order valence-corrected chi connectivity index (χ4v) is 2.99. The fourth-order valence-electron chi connectivity index (χ4n) is 1.16. The maximum atomic E-state index is 9.26. The van der Waals surface area contributed by atoms with Gasteiger partial charge in [0, 0.05) is 4.88 Å². The Morgan fingerprint density at radius 2 is 1.85 bits per heavy atom. The van der Waals surface area contributed by atoms with Crippen LogP contribution in [0.2, 0.25) is 0 Å². The van der Waals surface area contributed by atoms with Gasteiger partial charge in [-0.25, -0.2) is 0 Å². The van der Waals surface area contributed by atoms with Crippen molar-refractivity contribution in [2.45, 2.75) is 6.92 Å². The summed E-state index contributed by atoms with van der Waals surface area (Å²) in [5, 5.41) is 19.1. The van der Waals surface area contributed by atoms with Crippen LogP contribution in [0, 0.1) is 6.92 Å². The van der Waals surface area contributed by atoms with E-state index in [1.54, 1.807) is 12.1 Å². The smallest absolute Gasteiger partial charge is 0.171 e. The first-order valence-corrected chi connectivity index (χ1v) is 5.38. The average Bonchev–Trinajstić information content (AvgIpc) is 2.58. The van der Waals surface area contributed by atoms with Crippen molar-refractivity contribution in [3.05, 3.63) is 23.8 Å². The topological polar surface area (TPSA) is 40.5 Å². The van der Waals surface area contributed by atoms with Gasteiger partial charge in [-0.1, -0.05) is 22.7 Å². The summed E-state index contributed by atoms with van der Waals surface area (Å²) in [4.78, 5) is 2.03. The van der Waals surface area contributed by atoms with Crippen molar-refractivity contribution in [3.8, 4) is 19.9 Å². The largest absolute Gasteiger partial charge is 0.499 e. The van der Waals surface area contributed by atoms with Crippen molar-refractivity contribution in [2.24, 2.45) is 0 Å². The van der Waals surface area contributed by atoms with Gasteiger partial charge in [-0.2, -0.15) is 0 Å². The molecule has 0 radical (unpaired) electrons. The minimum atomic E-state index is 0.308. The summed E-state index contributed by atoms with van der Waals surface area (Å²) in [7, 11) is 0. The van der Waals surface area contributed by atoms with E-state index in [1.807, 2.05) is 13.0 Å². The van der Waals surface area contributed by atoms with Crippen molar-refractivity contribution in [1.29, 1.82) is 0 Å². The first-order valence-electron chi connectivity index (χ1n) is 3.75. The Labute approximate surface area is 83.7 Å². The maximum Gasteiger partial charge on any atom is 0.171 e. The predicted molar refractivity (Wildman–Crippen MR) is 55.7 cm³/mol. The van der Waals surface area contributed by atoms with E-state index in [4.69, 9.17) is 0 Å². The molecule has 0 saturated heterocycles. The minimum absolute atomic E-state index is 0.308. The van der Waals surface area contributed by atoms with Crippen molar-refractivity contribution in [2.75, 3.05) is 0 Å². The molecule has 0 aliphatic rings. The first-order chi connectivity index (χ1) is 6.16. The lowest BCUT2D eigenvalue weighted by Crippen LogP contribution is -1.66. The highest BCUT2D eigenvalue weighted by molar-refractivity contribution is 7.23. The lowest BCUT2D eigenvalue weighted by molar-refractivity contribution is 0.490. The van der Waals surface area contributed by atoms with Gasteiger partial charge in [0.2, 0.25) is 0 Å². The Balaban J connectivity index is 2.51. The van der Waals surface area contributed by atoms with E-state index in [0.29, 0.717) is 10.1 Å². The number of hydrogen-bond donors (Lipinski definition) is 2. The third-order valence-electron chi connectivity index (χ3n) is 1.72. The lowest BCUT2D eigenvalue weighted by atomic mass is 10.2. The highest BCUT2D eigenvalue weighted by atomic mass is 32.1. The van der Waals surface area contributed by atoms with Crippen molar-refractivity contribution >= 4 is 22.7 Å². The van der Waals surface area contributed by atoms with Gasteiger partial charge in [0.05, 0.1) is 4.88 Å². The molecule has 0 aliphatic carbocycles. The second-order valence-corrected chi connectivity index (χ2v) is 4.83. The third kappa shape index (κ3) is 1.55. The summed E-state index contributed by atoms with van der Waals surface area (Å²) < 4.78 is 0. The van der Waals surface area contributed by atoms with Gasteiger partial charge in [0.25, 0.3) is 0 Å². The molecule has 0 aliphatic heterocycles. The summed E-state index contributed by atoms with van der Waals surface area (Å²) in [6, 6.07) is 5.26. The van der Waals surface area contributed by atoms with Crippen LogP contribution in [0.1, 0.15) is 5.56 Å². The molecule has 0 fully saturated rings. The molecule has 0 amide bonds. The van der Waals surface area contributed by atoms with Gasteiger partial charge in [-0.3, -0.25) is 0 Å². The Kier molecular flexibility index (Phi) is 2.01. The van der Waals surface area contributed by atoms with Crippen molar-refractivity contribution in [3.63, 3.8) is 0 Å². The molecule has 0 saturated carbocycles. The average molecular weight is 212 g/mol. The Hall–Kier alpha value is -1.00. The highest BCUT2D eigenvalue weighted by Crippen LogP contribution is 2.40. The van der Waals surface area contributed by atoms with E-state index < -0.39 is 0 Å². The third-order valence-corrected chi connectivity index (χ3v) is 3.83. The van der Waals surface area contributed by atoms with Crippen molar-refractivity contribution < 1.29 is 10.2 Å². The van der Waals surface area contributed by atoms with Gasteiger partial charge in [-0.15, -0.1) is 0 Å². The number of aryl methyl sites for hydroxylation is 1. The molecule has 0 spiro atoms. The van der Waals surface area contributed by atoms with Crippen LogP contribution in [0.4, 0.5) is 0 Å². The van der Waals surface area contributed by atoms with Gasteiger partial charge in [-0.05, 0) is 30.7 Å².